The Morgan fingerprint density at radius 1 is 0.357 bits per heavy atom. The van der Waals surface area contributed by atoms with E-state index in [1.54, 1.807) is 0 Å². The molecule has 0 N–H and O–H groups in total. The monoisotopic (exact) mass is 526 g/mol. The number of terminal acetylenes is 1. The molecule has 7 rings (SSSR count). The Morgan fingerprint density at radius 3 is 1.31 bits per heavy atom. The highest BCUT2D eigenvalue weighted by Crippen LogP contribution is 2.35. The molecule has 0 aliphatic heterocycles. The average Bonchev–Trinajstić information content (AvgIpc) is 3.05. The highest BCUT2D eigenvalue weighted by Gasteiger charge is 2.09. The molecule has 0 radical (unpaired) electrons. The molecule has 0 bridgehead atoms. The van der Waals surface area contributed by atoms with E-state index in [1.165, 1.54) is 32.3 Å². The van der Waals surface area contributed by atoms with Crippen LogP contribution in [0.25, 0.3) is 32.3 Å². The highest BCUT2D eigenvalue weighted by atomic mass is 14.1. The van der Waals surface area contributed by atoms with E-state index in [1.807, 2.05) is 72.8 Å². The molecule has 0 aliphatic rings. The third-order valence-corrected chi connectivity index (χ3v) is 7.33. The van der Waals surface area contributed by atoms with Gasteiger partial charge in [0.1, 0.15) is 0 Å². The van der Waals surface area contributed by atoms with Gasteiger partial charge in [0, 0.05) is 38.9 Å². The van der Waals surface area contributed by atoms with Crippen LogP contribution in [0.1, 0.15) is 38.9 Å². The molecular formula is C42H22. The Labute approximate surface area is 246 Å². The molecule has 0 amide bonds. The summed E-state index contributed by atoms with van der Waals surface area (Å²) >= 11 is 0. The first-order valence-electron chi connectivity index (χ1n) is 13.7. The maximum absolute atomic E-state index is 5.51. The van der Waals surface area contributed by atoms with Crippen molar-refractivity contribution in [2.24, 2.45) is 0 Å². The smallest absolute Gasteiger partial charge is 0.0328 e. The SMILES string of the molecule is C#Cc1cccc(C#Cc2cccc(C#Cc3cccc(C#Cc4ccc5ccc6cccc7ccc4c5c67)c3)c2)c1. The first-order chi connectivity index (χ1) is 20.7. The van der Waals surface area contributed by atoms with Crippen LogP contribution >= 0.6 is 0 Å². The Kier molecular flexibility index (Phi) is 6.37. The Bertz CT molecular complexity index is 2360. The summed E-state index contributed by atoms with van der Waals surface area (Å²) in [5.74, 6) is 22.4. The van der Waals surface area contributed by atoms with Crippen molar-refractivity contribution in [3.05, 3.63) is 166 Å². The van der Waals surface area contributed by atoms with Crippen LogP contribution in [0.5, 0.6) is 0 Å². The van der Waals surface area contributed by atoms with Crippen LogP contribution in [-0.2, 0) is 0 Å². The normalized spacial score (nSPS) is 10.3. The van der Waals surface area contributed by atoms with Crippen LogP contribution < -0.4 is 0 Å². The standard InChI is InChI=1S/C42H22/c1-2-30-7-3-8-31(27-30)15-16-32-9-4-10-33(28-32)17-18-34-11-5-12-35(29-34)19-20-36-21-22-39-24-23-37-13-6-14-38-25-26-40(36)42(39)41(37)38/h1,3-14,21-29H. The quantitative estimate of drug-likeness (QED) is 0.137. The minimum absolute atomic E-state index is 0.823. The Hall–Kier alpha value is -6.18. The van der Waals surface area contributed by atoms with Gasteiger partial charge in [-0.3, -0.25) is 0 Å². The van der Waals surface area contributed by atoms with Gasteiger partial charge in [-0.2, -0.15) is 0 Å². The van der Waals surface area contributed by atoms with E-state index >= 15 is 0 Å². The van der Waals surface area contributed by atoms with Crippen molar-refractivity contribution in [2.45, 2.75) is 0 Å². The van der Waals surface area contributed by atoms with Crippen LogP contribution in [0.15, 0.2) is 127 Å². The summed E-state index contributed by atoms with van der Waals surface area (Å²) in [5.41, 5.74) is 6.40. The van der Waals surface area contributed by atoms with E-state index in [4.69, 9.17) is 6.42 Å². The zero-order valence-corrected chi connectivity index (χ0v) is 22.7. The van der Waals surface area contributed by atoms with E-state index < -0.39 is 0 Å². The van der Waals surface area contributed by atoms with Gasteiger partial charge in [-0.15, -0.1) is 6.42 Å². The second-order valence-electron chi connectivity index (χ2n) is 10.1. The zero-order chi connectivity index (χ0) is 28.3. The fourth-order valence-corrected chi connectivity index (χ4v) is 5.31. The number of hydrogen-bond acceptors (Lipinski definition) is 0. The number of hydrogen-bond donors (Lipinski definition) is 0. The lowest BCUT2D eigenvalue weighted by Gasteiger charge is -2.11. The average molecular weight is 527 g/mol. The van der Waals surface area contributed by atoms with Crippen molar-refractivity contribution in [1.82, 2.24) is 0 Å². The molecule has 7 aromatic rings. The maximum Gasteiger partial charge on any atom is 0.0328 e. The molecule has 0 heteroatoms. The van der Waals surface area contributed by atoms with Crippen LogP contribution in [0.2, 0.25) is 0 Å². The molecule has 190 valence electrons. The number of benzene rings is 7. The molecule has 0 aromatic heterocycles. The van der Waals surface area contributed by atoms with Gasteiger partial charge in [0.25, 0.3) is 0 Å². The highest BCUT2D eigenvalue weighted by molar-refractivity contribution is 6.23. The van der Waals surface area contributed by atoms with Gasteiger partial charge in [-0.05, 0) is 93.0 Å². The summed E-state index contributed by atoms with van der Waals surface area (Å²) in [4.78, 5) is 0. The van der Waals surface area contributed by atoms with E-state index in [0.717, 1.165) is 38.9 Å². The largest absolute Gasteiger partial charge is 0.115 e. The van der Waals surface area contributed by atoms with E-state index in [2.05, 4.69) is 96.0 Å². The predicted molar refractivity (Wildman–Crippen MR) is 175 cm³/mol. The molecule has 0 atom stereocenters. The van der Waals surface area contributed by atoms with Crippen molar-refractivity contribution >= 4 is 32.3 Å². The topological polar surface area (TPSA) is 0 Å². The van der Waals surface area contributed by atoms with Crippen LogP contribution in [0, 0.1) is 47.9 Å². The number of rotatable bonds is 0. The van der Waals surface area contributed by atoms with E-state index in [-0.39, 0.29) is 0 Å². The third kappa shape index (κ3) is 4.95. The van der Waals surface area contributed by atoms with E-state index in [9.17, 15) is 0 Å². The fraction of sp³-hybridized carbons (Fsp3) is 0. The fourth-order valence-electron chi connectivity index (χ4n) is 5.31. The molecule has 7 aromatic carbocycles. The van der Waals surface area contributed by atoms with Gasteiger partial charge in [0.05, 0.1) is 0 Å². The molecule has 0 aliphatic carbocycles. The van der Waals surface area contributed by atoms with Crippen molar-refractivity contribution in [3.8, 4) is 47.9 Å². The predicted octanol–water partition coefficient (Wildman–Crippen LogP) is 8.76. The van der Waals surface area contributed by atoms with Gasteiger partial charge in [-0.25, -0.2) is 0 Å². The van der Waals surface area contributed by atoms with Crippen molar-refractivity contribution < 1.29 is 0 Å². The molecule has 0 saturated carbocycles. The lowest BCUT2D eigenvalue weighted by Crippen LogP contribution is -1.87. The first kappa shape index (κ1) is 24.8. The first-order valence-corrected chi connectivity index (χ1v) is 13.7. The molecule has 0 heterocycles. The lowest BCUT2D eigenvalue weighted by atomic mass is 9.92. The summed E-state index contributed by atoms with van der Waals surface area (Å²) in [7, 11) is 0. The third-order valence-electron chi connectivity index (χ3n) is 7.33. The van der Waals surface area contributed by atoms with Gasteiger partial charge < -0.3 is 0 Å². The summed E-state index contributed by atoms with van der Waals surface area (Å²) in [5, 5.41) is 7.53. The second kappa shape index (κ2) is 10.8. The summed E-state index contributed by atoms with van der Waals surface area (Å²) in [6.45, 7) is 0. The van der Waals surface area contributed by atoms with Crippen LogP contribution in [0.4, 0.5) is 0 Å². The van der Waals surface area contributed by atoms with Crippen molar-refractivity contribution in [3.63, 3.8) is 0 Å². The molecule has 0 spiro atoms. The Balaban J connectivity index is 1.16. The molecule has 0 saturated heterocycles. The minimum Gasteiger partial charge on any atom is -0.115 e. The van der Waals surface area contributed by atoms with Gasteiger partial charge in [0.2, 0.25) is 0 Å². The summed E-state index contributed by atoms with van der Waals surface area (Å²) in [6.07, 6.45) is 5.51. The van der Waals surface area contributed by atoms with Gasteiger partial charge in [0.15, 0.2) is 0 Å². The van der Waals surface area contributed by atoms with E-state index in [0.29, 0.717) is 0 Å². The van der Waals surface area contributed by atoms with Gasteiger partial charge in [-0.1, -0.05) is 108 Å². The molecular weight excluding hydrogens is 504 g/mol. The lowest BCUT2D eigenvalue weighted by molar-refractivity contribution is 1.57. The summed E-state index contributed by atoms with van der Waals surface area (Å²) in [6, 6.07) is 43.3. The molecule has 42 heavy (non-hydrogen) atoms. The van der Waals surface area contributed by atoms with Crippen molar-refractivity contribution in [1.29, 1.82) is 0 Å². The molecule has 0 fully saturated rings. The minimum atomic E-state index is 0.823. The summed E-state index contributed by atoms with van der Waals surface area (Å²) < 4.78 is 0. The van der Waals surface area contributed by atoms with Crippen molar-refractivity contribution in [2.75, 3.05) is 0 Å². The van der Waals surface area contributed by atoms with Gasteiger partial charge >= 0.3 is 0 Å². The molecule has 0 unspecified atom stereocenters. The zero-order valence-electron chi connectivity index (χ0n) is 22.7. The van der Waals surface area contributed by atoms with Crippen LogP contribution in [-0.4, -0.2) is 0 Å². The van der Waals surface area contributed by atoms with Crippen LogP contribution in [0.3, 0.4) is 0 Å². The Morgan fingerprint density at radius 2 is 0.762 bits per heavy atom. The molecule has 0 nitrogen and oxygen atoms in total. The second-order valence-corrected chi connectivity index (χ2v) is 10.1. The maximum atomic E-state index is 5.51.